The van der Waals surface area contributed by atoms with Crippen LogP contribution in [0.25, 0.3) is 0 Å². The number of nitrogen functional groups attached to an aromatic ring is 1. The predicted octanol–water partition coefficient (Wildman–Crippen LogP) is 1.96. The Kier molecular flexibility index (Phi) is 4.08. The molecule has 0 spiro atoms. The summed E-state index contributed by atoms with van der Waals surface area (Å²) in [4.78, 5) is 12.0. The zero-order valence-electron chi connectivity index (χ0n) is 12.1. The summed E-state index contributed by atoms with van der Waals surface area (Å²) >= 11 is 0. The molecule has 1 aromatic heterocycles. The predicted molar refractivity (Wildman–Crippen MR) is 79.1 cm³/mol. The van der Waals surface area contributed by atoms with Gasteiger partial charge >= 0.3 is 0 Å². The number of nitrogens with two attached hydrogens (primary N) is 1. The Morgan fingerprint density at radius 1 is 1.40 bits per heavy atom. The largest absolute Gasteiger partial charge is 0.382 e. The third-order valence-electron chi connectivity index (χ3n) is 3.24. The number of hydrogen-bond acceptors (Lipinski definition) is 3. The van der Waals surface area contributed by atoms with Gasteiger partial charge in [0.15, 0.2) is 0 Å². The van der Waals surface area contributed by atoms with Crippen LogP contribution in [-0.2, 0) is 11.3 Å². The Bertz CT molecular complexity index is 618. The van der Waals surface area contributed by atoms with Crippen molar-refractivity contribution in [2.24, 2.45) is 0 Å². The van der Waals surface area contributed by atoms with E-state index in [1.54, 1.807) is 12.3 Å². The molecule has 0 radical (unpaired) electrons. The molecule has 1 aromatic carbocycles. The molecule has 0 aliphatic heterocycles. The second kappa shape index (κ2) is 5.77. The Morgan fingerprint density at radius 3 is 2.75 bits per heavy atom. The molecule has 5 nitrogen and oxygen atoms in total. The monoisotopic (exact) mass is 272 g/mol. The number of rotatable bonds is 4. The van der Waals surface area contributed by atoms with Crippen LogP contribution in [0.1, 0.15) is 29.7 Å². The van der Waals surface area contributed by atoms with E-state index in [1.807, 2.05) is 6.92 Å². The minimum atomic E-state index is -0.0828. The van der Waals surface area contributed by atoms with E-state index in [0.29, 0.717) is 5.82 Å². The zero-order chi connectivity index (χ0) is 14.7. The first-order chi connectivity index (χ1) is 9.45. The van der Waals surface area contributed by atoms with Gasteiger partial charge in [-0.2, -0.15) is 5.10 Å². The minimum Gasteiger partial charge on any atom is -0.382 e. The fourth-order valence-corrected chi connectivity index (χ4v) is 2.29. The lowest BCUT2D eigenvalue weighted by Crippen LogP contribution is -2.30. The van der Waals surface area contributed by atoms with Crippen LogP contribution in [0.3, 0.4) is 0 Å². The van der Waals surface area contributed by atoms with E-state index in [-0.39, 0.29) is 18.5 Å². The molecule has 0 saturated heterocycles. The number of carbonyl (C=O) groups is 1. The zero-order valence-corrected chi connectivity index (χ0v) is 12.1. The van der Waals surface area contributed by atoms with E-state index in [1.165, 1.54) is 15.8 Å². The van der Waals surface area contributed by atoms with E-state index in [4.69, 9.17) is 5.73 Å². The van der Waals surface area contributed by atoms with Gasteiger partial charge in [0.05, 0.1) is 6.04 Å². The van der Waals surface area contributed by atoms with E-state index in [2.05, 4.69) is 42.5 Å². The normalized spacial score (nSPS) is 12.2. The average Bonchev–Trinajstić information content (AvgIpc) is 2.74. The minimum absolute atomic E-state index is 0.0315. The van der Waals surface area contributed by atoms with E-state index in [9.17, 15) is 4.79 Å². The van der Waals surface area contributed by atoms with Crippen LogP contribution in [0, 0.1) is 13.8 Å². The molecular formula is C15H20N4O. The molecule has 1 heterocycles. The van der Waals surface area contributed by atoms with Crippen molar-refractivity contribution in [3.8, 4) is 0 Å². The van der Waals surface area contributed by atoms with Gasteiger partial charge in [0.25, 0.3) is 0 Å². The highest BCUT2D eigenvalue weighted by Crippen LogP contribution is 2.18. The highest BCUT2D eigenvalue weighted by molar-refractivity contribution is 5.76. The summed E-state index contributed by atoms with van der Waals surface area (Å²) in [6, 6.07) is 7.87. The first-order valence-corrected chi connectivity index (χ1v) is 6.61. The molecule has 1 atom stereocenters. The summed E-state index contributed by atoms with van der Waals surface area (Å²) in [7, 11) is 0. The molecule has 0 fully saturated rings. The molecule has 20 heavy (non-hydrogen) atoms. The van der Waals surface area contributed by atoms with Crippen LogP contribution < -0.4 is 11.1 Å². The average molecular weight is 272 g/mol. The molecule has 106 valence electrons. The SMILES string of the molecule is Cc1ccc(C(C)NC(=O)Cn2ccc(N)n2)c(C)c1. The fraction of sp³-hybridized carbons (Fsp3) is 0.333. The highest BCUT2D eigenvalue weighted by atomic mass is 16.2. The van der Waals surface area contributed by atoms with Crippen LogP contribution in [0.15, 0.2) is 30.5 Å². The van der Waals surface area contributed by atoms with Crippen molar-refractivity contribution in [3.05, 3.63) is 47.2 Å². The van der Waals surface area contributed by atoms with Crippen molar-refractivity contribution in [2.45, 2.75) is 33.4 Å². The number of benzene rings is 1. The van der Waals surface area contributed by atoms with Gasteiger partial charge in [-0.15, -0.1) is 0 Å². The van der Waals surface area contributed by atoms with Gasteiger partial charge in [0.2, 0.25) is 5.91 Å². The van der Waals surface area contributed by atoms with Crippen molar-refractivity contribution in [2.75, 3.05) is 5.73 Å². The van der Waals surface area contributed by atoms with Crippen molar-refractivity contribution in [3.63, 3.8) is 0 Å². The van der Waals surface area contributed by atoms with Crippen LogP contribution in [0.4, 0.5) is 5.82 Å². The Balaban J connectivity index is 2.00. The maximum atomic E-state index is 12.0. The van der Waals surface area contributed by atoms with E-state index >= 15 is 0 Å². The maximum Gasteiger partial charge on any atom is 0.242 e. The first-order valence-electron chi connectivity index (χ1n) is 6.61. The number of aromatic nitrogens is 2. The van der Waals surface area contributed by atoms with Crippen LogP contribution >= 0.6 is 0 Å². The first kappa shape index (κ1) is 14.1. The maximum absolute atomic E-state index is 12.0. The molecule has 5 heteroatoms. The Labute approximate surface area is 118 Å². The molecule has 1 amide bonds. The van der Waals surface area contributed by atoms with Crippen LogP contribution in [0.5, 0.6) is 0 Å². The molecular weight excluding hydrogens is 252 g/mol. The van der Waals surface area contributed by atoms with Crippen LogP contribution in [-0.4, -0.2) is 15.7 Å². The summed E-state index contributed by atoms with van der Waals surface area (Å²) in [6.07, 6.45) is 1.69. The second-order valence-electron chi connectivity index (χ2n) is 5.09. The lowest BCUT2D eigenvalue weighted by atomic mass is 10.0. The van der Waals surface area contributed by atoms with E-state index < -0.39 is 0 Å². The number of aryl methyl sites for hydroxylation is 2. The third-order valence-corrected chi connectivity index (χ3v) is 3.24. The number of nitrogens with one attached hydrogen (secondary N) is 1. The van der Waals surface area contributed by atoms with Crippen molar-refractivity contribution in [1.82, 2.24) is 15.1 Å². The molecule has 1 unspecified atom stereocenters. The van der Waals surface area contributed by atoms with Gasteiger partial charge in [0.1, 0.15) is 12.4 Å². The van der Waals surface area contributed by atoms with Crippen molar-refractivity contribution < 1.29 is 4.79 Å². The Hall–Kier alpha value is -2.30. The molecule has 0 bridgehead atoms. The Morgan fingerprint density at radius 2 is 2.15 bits per heavy atom. The van der Waals surface area contributed by atoms with Gasteiger partial charge in [-0.1, -0.05) is 23.8 Å². The molecule has 2 rings (SSSR count). The van der Waals surface area contributed by atoms with Crippen molar-refractivity contribution in [1.29, 1.82) is 0 Å². The smallest absolute Gasteiger partial charge is 0.242 e. The standard InChI is InChI=1S/C15H20N4O/c1-10-4-5-13(11(2)8-10)12(3)17-15(20)9-19-7-6-14(16)18-19/h4-8,12H,9H2,1-3H3,(H2,16,18)(H,17,20). The van der Waals surface area contributed by atoms with Crippen molar-refractivity contribution >= 4 is 11.7 Å². The topological polar surface area (TPSA) is 72.9 Å². The molecule has 3 N–H and O–H groups in total. The lowest BCUT2D eigenvalue weighted by Gasteiger charge is -2.17. The van der Waals surface area contributed by atoms with Gasteiger partial charge in [-0.05, 0) is 38.0 Å². The summed E-state index contributed by atoms with van der Waals surface area (Å²) < 4.78 is 1.53. The summed E-state index contributed by atoms with van der Waals surface area (Å²) in [5, 5.41) is 6.97. The number of hydrogen-bond donors (Lipinski definition) is 2. The number of nitrogens with zero attached hydrogens (tertiary/aromatic N) is 2. The molecule has 0 aliphatic carbocycles. The van der Waals surface area contributed by atoms with Gasteiger partial charge in [-0.25, -0.2) is 0 Å². The molecule has 0 aliphatic rings. The molecule has 2 aromatic rings. The van der Waals surface area contributed by atoms with Crippen LogP contribution in [0.2, 0.25) is 0 Å². The highest BCUT2D eigenvalue weighted by Gasteiger charge is 2.12. The molecule has 0 saturated carbocycles. The van der Waals surface area contributed by atoms with Gasteiger partial charge in [0, 0.05) is 6.20 Å². The fourth-order valence-electron chi connectivity index (χ4n) is 2.29. The number of anilines is 1. The summed E-state index contributed by atoms with van der Waals surface area (Å²) in [5.74, 6) is 0.334. The summed E-state index contributed by atoms with van der Waals surface area (Å²) in [5.41, 5.74) is 9.05. The van der Waals surface area contributed by atoms with E-state index in [0.717, 1.165) is 5.56 Å². The lowest BCUT2D eigenvalue weighted by molar-refractivity contribution is -0.122. The number of carbonyl (C=O) groups excluding carboxylic acids is 1. The van der Waals surface area contributed by atoms with Gasteiger partial charge in [-0.3, -0.25) is 9.48 Å². The summed E-state index contributed by atoms with van der Waals surface area (Å²) in [6.45, 7) is 6.26. The third kappa shape index (κ3) is 3.38. The quantitative estimate of drug-likeness (QED) is 0.893. The van der Waals surface area contributed by atoms with Gasteiger partial charge < -0.3 is 11.1 Å². The number of amides is 1. The second-order valence-corrected chi connectivity index (χ2v) is 5.09.